The second-order valence-electron chi connectivity index (χ2n) is 7.67. The molecule has 0 spiro atoms. The smallest absolute Gasteiger partial charge is 0.272 e. The number of rotatable bonds is 3. The van der Waals surface area contributed by atoms with E-state index in [1.807, 2.05) is 4.90 Å². The molecule has 0 saturated carbocycles. The van der Waals surface area contributed by atoms with Gasteiger partial charge in [0.2, 0.25) is 0 Å². The van der Waals surface area contributed by atoms with E-state index in [2.05, 4.69) is 26.8 Å². The first-order valence-corrected chi connectivity index (χ1v) is 10.1. The molecule has 3 aliphatic heterocycles. The summed E-state index contributed by atoms with van der Waals surface area (Å²) >= 11 is 0. The number of amides is 2. The SMILES string of the molecule is CN1CCN(c2cc(C(=O)N3CCN(C(=O)C4CCCO4)CC3)ncn2)CC1. The number of hydrogen-bond acceptors (Lipinski definition) is 7. The third kappa shape index (κ3) is 4.10. The average molecular weight is 388 g/mol. The van der Waals surface area contributed by atoms with Crippen LogP contribution in [0.4, 0.5) is 5.82 Å². The zero-order chi connectivity index (χ0) is 19.5. The van der Waals surface area contributed by atoms with Gasteiger partial charge in [0.15, 0.2) is 0 Å². The number of aromatic nitrogens is 2. The Morgan fingerprint density at radius 3 is 2.39 bits per heavy atom. The molecule has 2 amide bonds. The van der Waals surface area contributed by atoms with Crippen molar-refractivity contribution < 1.29 is 14.3 Å². The van der Waals surface area contributed by atoms with Crippen LogP contribution in [-0.4, -0.2) is 109 Å². The number of carbonyl (C=O) groups excluding carboxylic acids is 2. The molecule has 28 heavy (non-hydrogen) atoms. The van der Waals surface area contributed by atoms with Gasteiger partial charge in [0, 0.05) is 65.0 Å². The Balaban J connectivity index is 1.35. The summed E-state index contributed by atoms with van der Waals surface area (Å²) < 4.78 is 5.49. The Bertz CT molecular complexity index is 707. The predicted octanol–water partition coefficient (Wildman–Crippen LogP) is -0.308. The lowest BCUT2D eigenvalue weighted by Crippen LogP contribution is -2.53. The number of piperazine rings is 2. The molecule has 0 aromatic carbocycles. The highest BCUT2D eigenvalue weighted by Gasteiger charge is 2.32. The fraction of sp³-hybridized carbons (Fsp3) is 0.684. The van der Waals surface area contributed by atoms with Crippen molar-refractivity contribution in [3.05, 3.63) is 18.1 Å². The number of hydrogen-bond donors (Lipinski definition) is 0. The standard InChI is InChI=1S/C19H28N6O3/c1-22-4-6-23(7-5-22)17-13-15(20-14-21-17)18(26)24-8-10-25(11-9-24)19(27)16-3-2-12-28-16/h13-14,16H,2-12H2,1H3. The van der Waals surface area contributed by atoms with Gasteiger partial charge < -0.3 is 24.3 Å². The van der Waals surface area contributed by atoms with Crippen LogP contribution in [0.15, 0.2) is 12.4 Å². The van der Waals surface area contributed by atoms with Crippen LogP contribution < -0.4 is 4.90 Å². The topological polar surface area (TPSA) is 82.1 Å². The van der Waals surface area contributed by atoms with Crippen molar-refractivity contribution in [2.75, 3.05) is 70.9 Å². The maximum atomic E-state index is 12.9. The maximum Gasteiger partial charge on any atom is 0.272 e. The van der Waals surface area contributed by atoms with E-state index in [0.717, 1.165) is 44.8 Å². The average Bonchev–Trinajstić information content (AvgIpc) is 3.28. The number of ether oxygens (including phenoxy) is 1. The summed E-state index contributed by atoms with van der Waals surface area (Å²) in [5.74, 6) is 0.768. The van der Waals surface area contributed by atoms with Gasteiger partial charge in [-0.1, -0.05) is 0 Å². The summed E-state index contributed by atoms with van der Waals surface area (Å²) in [4.78, 5) is 42.0. The van der Waals surface area contributed by atoms with Crippen LogP contribution in [0.1, 0.15) is 23.3 Å². The summed E-state index contributed by atoms with van der Waals surface area (Å²) in [7, 11) is 2.11. The lowest BCUT2D eigenvalue weighted by molar-refractivity contribution is -0.142. The Morgan fingerprint density at radius 1 is 1.00 bits per heavy atom. The van der Waals surface area contributed by atoms with Crippen molar-refractivity contribution in [3.63, 3.8) is 0 Å². The van der Waals surface area contributed by atoms with E-state index < -0.39 is 0 Å². The van der Waals surface area contributed by atoms with E-state index >= 15 is 0 Å². The summed E-state index contributed by atoms with van der Waals surface area (Å²) in [6.45, 7) is 6.54. The highest BCUT2D eigenvalue weighted by molar-refractivity contribution is 5.93. The fourth-order valence-electron chi connectivity index (χ4n) is 3.94. The first kappa shape index (κ1) is 19.1. The Morgan fingerprint density at radius 2 is 1.71 bits per heavy atom. The van der Waals surface area contributed by atoms with E-state index in [1.54, 1.807) is 11.0 Å². The third-order valence-electron chi connectivity index (χ3n) is 5.78. The van der Waals surface area contributed by atoms with E-state index in [-0.39, 0.29) is 17.9 Å². The Labute approximate surface area is 165 Å². The lowest BCUT2D eigenvalue weighted by atomic mass is 10.2. The van der Waals surface area contributed by atoms with Crippen LogP contribution in [0.3, 0.4) is 0 Å². The van der Waals surface area contributed by atoms with Gasteiger partial charge in [0.05, 0.1) is 0 Å². The van der Waals surface area contributed by atoms with Gasteiger partial charge in [-0.25, -0.2) is 9.97 Å². The van der Waals surface area contributed by atoms with Crippen molar-refractivity contribution in [2.24, 2.45) is 0 Å². The first-order chi connectivity index (χ1) is 13.6. The molecule has 3 aliphatic rings. The summed E-state index contributed by atoms with van der Waals surface area (Å²) in [6.07, 6.45) is 2.92. The minimum Gasteiger partial charge on any atom is -0.368 e. The van der Waals surface area contributed by atoms with Crippen molar-refractivity contribution in [2.45, 2.75) is 18.9 Å². The molecule has 9 heteroatoms. The summed E-state index contributed by atoms with van der Waals surface area (Å²) in [6, 6.07) is 1.79. The summed E-state index contributed by atoms with van der Waals surface area (Å²) in [5, 5.41) is 0. The molecule has 0 bridgehead atoms. The van der Waals surface area contributed by atoms with Crippen LogP contribution >= 0.6 is 0 Å². The van der Waals surface area contributed by atoms with E-state index in [0.29, 0.717) is 38.5 Å². The normalized spacial score (nSPS) is 23.9. The van der Waals surface area contributed by atoms with Gasteiger partial charge in [-0.15, -0.1) is 0 Å². The van der Waals surface area contributed by atoms with Gasteiger partial charge in [-0.05, 0) is 19.9 Å². The van der Waals surface area contributed by atoms with Crippen LogP contribution in [0.25, 0.3) is 0 Å². The van der Waals surface area contributed by atoms with E-state index in [1.165, 1.54) is 6.33 Å². The molecule has 4 rings (SSSR count). The van der Waals surface area contributed by atoms with Crippen LogP contribution in [-0.2, 0) is 9.53 Å². The van der Waals surface area contributed by atoms with Crippen molar-refractivity contribution in [1.82, 2.24) is 24.7 Å². The second kappa shape index (κ2) is 8.40. The molecular formula is C19H28N6O3. The van der Waals surface area contributed by atoms with Gasteiger partial charge in [-0.3, -0.25) is 9.59 Å². The van der Waals surface area contributed by atoms with Crippen LogP contribution in [0.5, 0.6) is 0 Å². The van der Waals surface area contributed by atoms with Gasteiger partial charge >= 0.3 is 0 Å². The highest BCUT2D eigenvalue weighted by atomic mass is 16.5. The molecule has 1 unspecified atom stereocenters. The Kier molecular flexibility index (Phi) is 5.72. The number of nitrogens with zero attached hydrogens (tertiary/aromatic N) is 6. The number of likely N-dealkylation sites (N-methyl/N-ethyl adjacent to an activating group) is 1. The van der Waals surface area contributed by atoms with Gasteiger partial charge in [-0.2, -0.15) is 0 Å². The quantitative estimate of drug-likeness (QED) is 0.703. The summed E-state index contributed by atoms with van der Waals surface area (Å²) in [5.41, 5.74) is 0.419. The first-order valence-electron chi connectivity index (χ1n) is 10.1. The van der Waals surface area contributed by atoms with Crippen LogP contribution in [0, 0.1) is 0 Å². The van der Waals surface area contributed by atoms with E-state index in [9.17, 15) is 9.59 Å². The minimum atomic E-state index is -0.296. The molecule has 1 aromatic heterocycles. The molecule has 152 valence electrons. The molecule has 0 radical (unpaired) electrons. The second-order valence-corrected chi connectivity index (χ2v) is 7.67. The molecule has 1 aromatic rings. The molecule has 0 aliphatic carbocycles. The molecule has 0 N–H and O–H groups in total. The van der Waals surface area contributed by atoms with Crippen molar-refractivity contribution in [3.8, 4) is 0 Å². The predicted molar refractivity (Wildman–Crippen MR) is 103 cm³/mol. The largest absolute Gasteiger partial charge is 0.368 e. The maximum absolute atomic E-state index is 12.9. The van der Waals surface area contributed by atoms with Crippen LogP contribution in [0.2, 0.25) is 0 Å². The van der Waals surface area contributed by atoms with Crippen molar-refractivity contribution in [1.29, 1.82) is 0 Å². The van der Waals surface area contributed by atoms with Gasteiger partial charge in [0.1, 0.15) is 23.9 Å². The van der Waals surface area contributed by atoms with Crippen molar-refractivity contribution >= 4 is 17.6 Å². The zero-order valence-corrected chi connectivity index (χ0v) is 16.4. The molecule has 1 atom stereocenters. The Hall–Kier alpha value is -2.26. The minimum absolute atomic E-state index is 0.0592. The zero-order valence-electron chi connectivity index (χ0n) is 16.4. The molecule has 4 heterocycles. The van der Waals surface area contributed by atoms with E-state index in [4.69, 9.17) is 4.74 Å². The molecule has 3 saturated heterocycles. The molecule has 9 nitrogen and oxygen atoms in total. The lowest BCUT2D eigenvalue weighted by Gasteiger charge is -2.36. The highest BCUT2D eigenvalue weighted by Crippen LogP contribution is 2.18. The molecule has 3 fully saturated rings. The number of anilines is 1. The third-order valence-corrected chi connectivity index (χ3v) is 5.78. The fourth-order valence-corrected chi connectivity index (χ4v) is 3.94. The molecular weight excluding hydrogens is 360 g/mol. The monoisotopic (exact) mass is 388 g/mol. The number of carbonyl (C=O) groups is 2. The van der Waals surface area contributed by atoms with Gasteiger partial charge in [0.25, 0.3) is 11.8 Å².